The molecule has 0 saturated carbocycles. The van der Waals surface area contributed by atoms with E-state index in [0.29, 0.717) is 5.82 Å². The molecule has 0 bridgehead atoms. The maximum absolute atomic E-state index is 12.9. The molecule has 0 radical (unpaired) electrons. The number of rotatable bonds is 4. The fourth-order valence-corrected chi connectivity index (χ4v) is 4.73. The largest absolute Gasteiger partial charge is 0.361 e. The molecular formula is C26H26N6O. The van der Waals surface area contributed by atoms with E-state index < -0.39 is 0 Å². The van der Waals surface area contributed by atoms with Crippen LogP contribution in [0.15, 0.2) is 60.9 Å². The number of hydrogen-bond donors (Lipinski definition) is 1. The van der Waals surface area contributed by atoms with E-state index in [4.69, 9.17) is 4.98 Å². The van der Waals surface area contributed by atoms with E-state index in [-0.39, 0.29) is 12.3 Å². The van der Waals surface area contributed by atoms with Gasteiger partial charge in [-0.05, 0) is 42.9 Å². The van der Waals surface area contributed by atoms with Gasteiger partial charge in [-0.1, -0.05) is 18.2 Å². The Morgan fingerprint density at radius 2 is 1.91 bits per heavy atom. The summed E-state index contributed by atoms with van der Waals surface area (Å²) in [6.07, 6.45) is 3.97. The monoisotopic (exact) mass is 438 g/mol. The van der Waals surface area contributed by atoms with Crippen molar-refractivity contribution in [2.75, 3.05) is 38.1 Å². The molecule has 33 heavy (non-hydrogen) atoms. The highest BCUT2D eigenvalue weighted by Crippen LogP contribution is 2.35. The van der Waals surface area contributed by atoms with Gasteiger partial charge < -0.3 is 9.88 Å². The van der Waals surface area contributed by atoms with Gasteiger partial charge in [0.1, 0.15) is 0 Å². The molecule has 0 unspecified atom stereocenters. The molecule has 0 spiro atoms. The van der Waals surface area contributed by atoms with Crippen molar-refractivity contribution in [2.24, 2.45) is 0 Å². The quantitative estimate of drug-likeness (QED) is 0.527. The van der Waals surface area contributed by atoms with Crippen LogP contribution in [0.1, 0.15) is 11.3 Å². The molecular weight excluding hydrogens is 412 g/mol. The van der Waals surface area contributed by atoms with Crippen LogP contribution in [-0.2, 0) is 17.8 Å². The molecule has 7 heteroatoms. The first-order valence-electron chi connectivity index (χ1n) is 11.4. The number of likely N-dealkylation sites (N-methyl/N-ethyl adjacent to an activating group) is 1. The number of fused-ring (bicyclic) bond motifs is 2. The zero-order valence-electron chi connectivity index (χ0n) is 18.7. The number of hydrogen-bond acceptors (Lipinski definition) is 5. The van der Waals surface area contributed by atoms with E-state index in [1.54, 1.807) is 11.1 Å². The Morgan fingerprint density at radius 3 is 2.79 bits per heavy atom. The zero-order chi connectivity index (χ0) is 22.4. The molecule has 0 aliphatic carbocycles. The molecule has 1 amide bonds. The van der Waals surface area contributed by atoms with Crippen LogP contribution in [0.25, 0.3) is 22.2 Å². The third-order valence-electron chi connectivity index (χ3n) is 6.63. The lowest BCUT2D eigenvalue weighted by atomic mass is 10.1. The Bertz CT molecular complexity index is 1340. The highest BCUT2D eigenvalue weighted by molar-refractivity contribution is 6.07. The van der Waals surface area contributed by atoms with E-state index in [2.05, 4.69) is 51.1 Å². The summed E-state index contributed by atoms with van der Waals surface area (Å²) in [5.74, 6) is 0.637. The first-order valence-corrected chi connectivity index (χ1v) is 11.4. The molecule has 6 rings (SSSR count). The van der Waals surface area contributed by atoms with Crippen molar-refractivity contribution in [3.05, 3.63) is 72.2 Å². The molecule has 1 fully saturated rings. The molecule has 166 valence electrons. The minimum absolute atomic E-state index is 0.000790. The van der Waals surface area contributed by atoms with Crippen molar-refractivity contribution in [1.29, 1.82) is 0 Å². The summed E-state index contributed by atoms with van der Waals surface area (Å²) < 4.78 is 0. The minimum atomic E-state index is 0.000790. The van der Waals surface area contributed by atoms with Crippen molar-refractivity contribution >= 4 is 28.3 Å². The number of aromatic nitrogens is 3. The Balaban J connectivity index is 1.30. The second-order valence-corrected chi connectivity index (χ2v) is 8.96. The number of nitrogens with one attached hydrogen (secondary N) is 1. The summed E-state index contributed by atoms with van der Waals surface area (Å²) in [4.78, 5) is 32.2. The van der Waals surface area contributed by atoms with Crippen LogP contribution in [0.5, 0.6) is 0 Å². The van der Waals surface area contributed by atoms with Gasteiger partial charge in [0.05, 0.1) is 29.7 Å². The van der Waals surface area contributed by atoms with Gasteiger partial charge in [-0.15, -0.1) is 0 Å². The van der Waals surface area contributed by atoms with E-state index in [1.165, 1.54) is 5.56 Å². The van der Waals surface area contributed by atoms with Gasteiger partial charge >= 0.3 is 0 Å². The lowest BCUT2D eigenvalue weighted by Crippen LogP contribution is -2.43. The van der Waals surface area contributed by atoms with E-state index >= 15 is 0 Å². The molecule has 4 heterocycles. The second-order valence-electron chi connectivity index (χ2n) is 8.96. The van der Waals surface area contributed by atoms with Crippen LogP contribution in [-0.4, -0.2) is 63.9 Å². The average Bonchev–Trinajstić information content (AvgIpc) is 3.43. The number of H-pyrrole nitrogens is 1. The smallest absolute Gasteiger partial charge is 0.238 e. The molecule has 4 aromatic rings. The summed E-state index contributed by atoms with van der Waals surface area (Å²) in [6, 6.07) is 16.5. The molecule has 2 aliphatic heterocycles. The minimum Gasteiger partial charge on any atom is -0.361 e. The van der Waals surface area contributed by atoms with Gasteiger partial charge in [0, 0.05) is 55.4 Å². The zero-order valence-corrected chi connectivity index (χ0v) is 18.7. The highest BCUT2D eigenvalue weighted by Gasteiger charge is 2.32. The number of nitrogens with zero attached hydrogens (tertiary/aromatic N) is 5. The third kappa shape index (κ3) is 3.79. The van der Waals surface area contributed by atoms with Crippen molar-refractivity contribution < 1.29 is 4.79 Å². The number of benzene rings is 2. The van der Waals surface area contributed by atoms with Gasteiger partial charge in [0.15, 0.2) is 5.82 Å². The van der Waals surface area contributed by atoms with Gasteiger partial charge in [-0.2, -0.15) is 0 Å². The van der Waals surface area contributed by atoms with E-state index in [0.717, 1.165) is 66.3 Å². The van der Waals surface area contributed by atoms with Crippen molar-refractivity contribution in [1.82, 2.24) is 24.8 Å². The molecule has 0 atom stereocenters. The maximum Gasteiger partial charge on any atom is 0.238 e. The van der Waals surface area contributed by atoms with Crippen molar-refractivity contribution in [3.63, 3.8) is 0 Å². The lowest BCUT2D eigenvalue weighted by Gasteiger charge is -2.32. The molecule has 7 nitrogen and oxygen atoms in total. The first-order chi connectivity index (χ1) is 16.1. The van der Waals surface area contributed by atoms with Gasteiger partial charge in [0.2, 0.25) is 5.91 Å². The summed E-state index contributed by atoms with van der Waals surface area (Å²) in [6.45, 7) is 5.31. The summed E-state index contributed by atoms with van der Waals surface area (Å²) in [5.41, 5.74) is 5.68. The lowest BCUT2D eigenvalue weighted by molar-refractivity contribution is -0.116. The Kier molecular flexibility index (Phi) is 4.93. The van der Waals surface area contributed by atoms with E-state index in [9.17, 15) is 4.79 Å². The van der Waals surface area contributed by atoms with Gasteiger partial charge in [0.25, 0.3) is 0 Å². The SMILES string of the molecule is CN1CCN(Cc2cccc(-c3cnc4c(n3)N(c3ccc5[nH]ccc5c3)C(=O)C4)c2)CC1. The number of amides is 1. The number of anilines is 2. The summed E-state index contributed by atoms with van der Waals surface area (Å²) in [5, 5.41) is 1.06. The molecule has 2 aromatic heterocycles. The molecule has 2 aromatic carbocycles. The molecule has 1 saturated heterocycles. The number of carbonyl (C=O) groups excluding carboxylic acids is 1. The number of carbonyl (C=O) groups is 1. The Morgan fingerprint density at radius 1 is 1.03 bits per heavy atom. The van der Waals surface area contributed by atoms with Crippen LogP contribution in [0.2, 0.25) is 0 Å². The fourth-order valence-electron chi connectivity index (χ4n) is 4.73. The normalized spacial score (nSPS) is 17.1. The van der Waals surface area contributed by atoms with Crippen molar-refractivity contribution in [2.45, 2.75) is 13.0 Å². The second kappa shape index (κ2) is 8.10. The Hall–Kier alpha value is -3.55. The first kappa shape index (κ1) is 20.1. The van der Waals surface area contributed by atoms with Gasteiger partial charge in [-0.3, -0.25) is 19.6 Å². The standard InChI is InChI=1S/C26H26N6O/c1-30-9-11-31(12-10-30)17-18-3-2-4-19(13-18)24-16-28-23-15-25(33)32(26(23)29-24)21-5-6-22-20(14-21)7-8-27-22/h2-8,13-14,16,27H,9-12,15,17H2,1H3. The fraction of sp³-hybridized carbons (Fsp3) is 0.269. The van der Waals surface area contributed by atoms with E-state index in [1.807, 2.05) is 30.5 Å². The average molecular weight is 439 g/mol. The van der Waals surface area contributed by atoms with Crippen LogP contribution in [0, 0.1) is 0 Å². The van der Waals surface area contributed by atoms with Gasteiger partial charge in [-0.25, -0.2) is 4.98 Å². The maximum atomic E-state index is 12.9. The number of piperazine rings is 1. The predicted octanol–water partition coefficient (Wildman–Crippen LogP) is 3.59. The molecule has 1 N–H and O–H groups in total. The molecule has 2 aliphatic rings. The van der Waals surface area contributed by atoms with Crippen molar-refractivity contribution in [3.8, 4) is 11.3 Å². The highest BCUT2D eigenvalue weighted by atomic mass is 16.2. The van der Waals surface area contributed by atoms with Crippen LogP contribution in [0.3, 0.4) is 0 Å². The summed E-state index contributed by atoms with van der Waals surface area (Å²) >= 11 is 0. The van der Waals surface area contributed by atoms with Crippen LogP contribution < -0.4 is 4.90 Å². The van der Waals surface area contributed by atoms with Crippen LogP contribution in [0.4, 0.5) is 11.5 Å². The Labute approximate surface area is 192 Å². The third-order valence-corrected chi connectivity index (χ3v) is 6.63. The predicted molar refractivity (Wildman–Crippen MR) is 129 cm³/mol. The topological polar surface area (TPSA) is 68.4 Å². The number of aromatic amines is 1. The summed E-state index contributed by atoms with van der Waals surface area (Å²) in [7, 11) is 2.18. The van der Waals surface area contributed by atoms with Crippen LogP contribution >= 0.6 is 0 Å².